The van der Waals surface area contributed by atoms with Crippen LogP contribution in [0.15, 0.2) is 11.8 Å². The fourth-order valence-corrected chi connectivity index (χ4v) is 4.21. The van der Waals surface area contributed by atoms with Gasteiger partial charge in [-0.2, -0.15) is 0 Å². The molecule has 3 rings (SSSR count). The standard InChI is InChI=1S/C17H26O11/c1-17(24)3-7(19)9-6(14(23)25-2)5-26-15(10(9)17)28-16-13(22)12(21)11(20)8(4-18)27-16/h5,7-13,15-16,18-22,24H,3-4H2,1-2H3/t7-,8+,9-,10-,11+,12+,13+,15+,16+,17-/m0/s1. The molecular formula is C17H26O11. The maximum atomic E-state index is 12.0. The second kappa shape index (κ2) is 7.84. The van der Waals surface area contributed by atoms with E-state index in [0.29, 0.717) is 0 Å². The summed E-state index contributed by atoms with van der Waals surface area (Å²) in [7, 11) is 1.17. The minimum absolute atomic E-state index is 0.0337. The molecule has 2 heterocycles. The summed E-state index contributed by atoms with van der Waals surface area (Å²) in [5.41, 5.74) is -1.46. The molecule has 0 aromatic heterocycles. The first-order valence-corrected chi connectivity index (χ1v) is 8.92. The minimum atomic E-state index is -1.66. The fourth-order valence-electron chi connectivity index (χ4n) is 4.21. The summed E-state index contributed by atoms with van der Waals surface area (Å²) in [5, 5.41) is 60.4. The van der Waals surface area contributed by atoms with Crippen molar-refractivity contribution in [3.05, 3.63) is 11.8 Å². The van der Waals surface area contributed by atoms with Crippen LogP contribution in [0.5, 0.6) is 0 Å². The number of hydrogen-bond donors (Lipinski definition) is 6. The van der Waals surface area contributed by atoms with Crippen LogP contribution < -0.4 is 0 Å². The van der Waals surface area contributed by atoms with E-state index in [4.69, 9.17) is 18.9 Å². The first kappa shape index (κ1) is 21.4. The Hall–Kier alpha value is -1.31. The highest BCUT2D eigenvalue weighted by molar-refractivity contribution is 5.89. The van der Waals surface area contributed by atoms with Gasteiger partial charge in [0.25, 0.3) is 0 Å². The van der Waals surface area contributed by atoms with E-state index >= 15 is 0 Å². The number of esters is 1. The van der Waals surface area contributed by atoms with Gasteiger partial charge in [0.2, 0.25) is 6.29 Å². The lowest BCUT2D eigenvalue weighted by atomic mass is 9.80. The Morgan fingerprint density at radius 3 is 2.50 bits per heavy atom. The number of rotatable bonds is 4. The number of carbonyl (C=O) groups is 1. The molecule has 0 unspecified atom stereocenters. The summed E-state index contributed by atoms with van der Waals surface area (Å²) in [5.74, 6) is -2.50. The summed E-state index contributed by atoms with van der Waals surface area (Å²) >= 11 is 0. The van der Waals surface area contributed by atoms with E-state index in [1.54, 1.807) is 0 Å². The molecule has 10 atom stereocenters. The van der Waals surface area contributed by atoms with Gasteiger partial charge in [-0.05, 0) is 6.92 Å². The minimum Gasteiger partial charge on any atom is -0.471 e. The highest BCUT2D eigenvalue weighted by Gasteiger charge is 2.59. The number of fused-ring (bicyclic) bond motifs is 1. The topological polar surface area (TPSA) is 175 Å². The molecule has 11 heteroatoms. The lowest BCUT2D eigenvalue weighted by molar-refractivity contribution is -0.346. The molecule has 0 aromatic carbocycles. The molecule has 0 bridgehead atoms. The molecule has 1 saturated heterocycles. The summed E-state index contributed by atoms with van der Waals surface area (Å²) in [6, 6.07) is 0. The van der Waals surface area contributed by atoms with Crippen LogP contribution in [0.3, 0.4) is 0 Å². The van der Waals surface area contributed by atoms with Crippen molar-refractivity contribution in [3.63, 3.8) is 0 Å². The van der Waals surface area contributed by atoms with Crippen LogP contribution in [0, 0.1) is 11.8 Å². The van der Waals surface area contributed by atoms with Crippen molar-refractivity contribution in [2.75, 3.05) is 13.7 Å². The summed E-state index contributed by atoms with van der Waals surface area (Å²) in [6.07, 6.45) is -8.88. The number of aliphatic hydroxyl groups excluding tert-OH is 5. The molecule has 2 aliphatic heterocycles. The zero-order valence-corrected chi connectivity index (χ0v) is 15.4. The summed E-state index contributed by atoms with van der Waals surface area (Å²) in [6.45, 7) is 0.819. The zero-order chi connectivity index (χ0) is 20.8. The highest BCUT2D eigenvalue weighted by Crippen LogP contribution is 2.49. The highest BCUT2D eigenvalue weighted by atomic mass is 16.8. The Balaban J connectivity index is 1.86. The molecule has 6 N–H and O–H groups in total. The van der Waals surface area contributed by atoms with Gasteiger partial charge in [-0.15, -0.1) is 0 Å². The molecule has 160 valence electrons. The van der Waals surface area contributed by atoms with Gasteiger partial charge in [-0.1, -0.05) is 0 Å². The zero-order valence-electron chi connectivity index (χ0n) is 15.4. The van der Waals surface area contributed by atoms with Crippen LogP contribution in [0.2, 0.25) is 0 Å². The molecular weight excluding hydrogens is 380 g/mol. The third-order valence-electron chi connectivity index (χ3n) is 5.66. The van der Waals surface area contributed by atoms with E-state index in [0.717, 1.165) is 6.26 Å². The van der Waals surface area contributed by atoms with E-state index in [9.17, 15) is 35.4 Å². The second-order valence-corrected chi connectivity index (χ2v) is 7.58. The molecule has 1 aliphatic carbocycles. The normalized spacial score (nSPS) is 48.4. The molecule has 2 fully saturated rings. The smallest absolute Gasteiger partial charge is 0.337 e. The monoisotopic (exact) mass is 406 g/mol. The number of aliphatic hydroxyl groups is 6. The maximum absolute atomic E-state index is 12.0. The first-order chi connectivity index (χ1) is 13.1. The van der Waals surface area contributed by atoms with Gasteiger partial charge in [-0.3, -0.25) is 0 Å². The lowest BCUT2D eigenvalue weighted by Crippen LogP contribution is -2.60. The van der Waals surface area contributed by atoms with Crippen molar-refractivity contribution in [1.82, 2.24) is 0 Å². The van der Waals surface area contributed by atoms with Gasteiger partial charge in [0.05, 0.1) is 43.2 Å². The average molecular weight is 406 g/mol. The van der Waals surface area contributed by atoms with Crippen LogP contribution in [-0.4, -0.2) is 99.0 Å². The van der Waals surface area contributed by atoms with Crippen LogP contribution in [0.1, 0.15) is 13.3 Å². The maximum Gasteiger partial charge on any atom is 0.337 e. The van der Waals surface area contributed by atoms with Crippen LogP contribution in [0.25, 0.3) is 0 Å². The number of methoxy groups -OCH3 is 1. The number of carbonyl (C=O) groups excluding carboxylic acids is 1. The fraction of sp³-hybridized carbons (Fsp3) is 0.824. The Morgan fingerprint density at radius 1 is 1.21 bits per heavy atom. The van der Waals surface area contributed by atoms with Crippen molar-refractivity contribution >= 4 is 5.97 Å². The summed E-state index contributed by atoms with van der Waals surface area (Å²) in [4.78, 5) is 12.0. The second-order valence-electron chi connectivity index (χ2n) is 7.58. The number of hydrogen-bond acceptors (Lipinski definition) is 11. The number of ether oxygens (including phenoxy) is 4. The van der Waals surface area contributed by atoms with Crippen molar-refractivity contribution in [1.29, 1.82) is 0 Å². The van der Waals surface area contributed by atoms with E-state index in [-0.39, 0.29) is 12.0 Å². The van der Waals surface area contributed by atoms with Crippen molar-refractivity contribution < 1.29 is 54.4 Å². The third-order valence-corrected chi connectivity index (χ3v) is 5.66. The van der Waals surface area contributed by atoms with E-state index in [1.807, 2.05) is 0 Å². The Morgan fingerprint density at radius 2 is 1.89 bits per heavy atom. The quantitative estimate of drug-likeness (QED) is 0.262. The molecule has 0 radical (unpaired) electrons. The van der Waals surface area contributed by atoms with Gasteiger partial charge >= 0.3 is 5.97 Å². The Bertz CT molecular complexity index is 618. The molecule has 3 aliphatic rings. The van der Waals surface area contributed by atoms with Crippen LogP contribution >= 0.6 is 0 Å². The van der Waals surface area contributed by atoms with Gasteiger partial charge in [0.1, 0.15) is 24.4 Å². The largest absolute Gasteiger partial charge is 0.471 e. The molecule has 28 heavy (non-hydrogen) atoms. The Labute approximate surface area is 160 Å². The predicted octanol–water partition coefficient (Wildman–Crippen LogP) is -3.04. The third kappa shape index (κ3) is 3.53. The Kier molecular flexibility index (Phi) is 5.99. The van der Waals surface area contributed by atoms with Crippen LogP contribution in [-0.2, 0) is 23.7 Å². The lowest BCUT2D eigenvalue weighted by Gasteiger charge is -2.44. The van der Waals surface area contributed by atoms with Gasteiger partial charge in [-0.25, -0.2) is 4.79 Å². The van der Waals surface area contributed by atoms with Gasteiger partial charge < -0.3 is 49.6 Å². The van der Waals surface area contributed by atoms with Crippen molar-refractivity contribution in [2.45, 2.75) is 62.0 Å². The SMILES string of the molecule is COC(=O)C1=CO[C@H](O[C@H]2O[C@H](CO)[C@@H](O)[C@@H](O)[C@H]2O)[C@@H]2[C@@H]1[C@@H](O)C[C@]2(C)O. The molecule has 0 spiro atoms. The molecule has 0 aromatic rings. The van der Waals surface area contributed by atoms with Crippen molar-refractivity contribution in [3.8, 4) is 0 Å². The van der Waals surface area contributed by atoms with Crippen LogP contribution in [0.4, 0.5) is 0 Å². The van der Waals surface area contributed by atoms with Crippen molar-refractivity contribution in [2.24, 2.45) is 11.8 Å². The molecule has 0 amide bonds. The first-order valence-electron chi connectivity index (χ1n) is 8.92. The van der Waals surface area contributed by atoms with Gasteiger partial charge in [0.15, 0.2) is 6.29 Å². The molecule has 11 nitrogen and oxygen atoms in total. The molecule has 1 saturated carbocycles. The van der Waals surface area contributed by atoms with Gasteiger partial charge in [0, 0.05) is 12.3 Å². The van der Waals surface area contributed by atoms with E-state index in [2.05, 4.69) is 0 Å². The predicted molar refractivity (Wildman–Crippen MR) is 88.1 cm³/mol. The average Bonchev–Trinajstić information content (AvgIpc) is 2.91. The van der Waals surface area contributed by atoms with E-state index in [1.165, 1.54) is 14.0 Å². The van der Waals surface area contributed by atoms with E-state index < -0.39 is 73.1 Å². The summed E-state index contributed by atoms with van der Waals surface area (Å²) < 4.78 is 21.1.